The van der Waals surface area contributed by atoms with Gasteiger partial charge < -0.3 is 0 Å². The van der Waals surface area contributed by atoms with E-state index in [4.69, 9.17) is 11.6 Å². The summed E-state index contributed by atoms with van der Waals surface area (Å²) in [7, 11) is 0. The molecule has 20 heavy (non-hydrogen) atoms. The fourth-order valence-electron chi connectivity index (χ4n) is 2.25. The van der Waals surface area contributed by atoms with Gasteiger partial charge in [0.25, 0.3) is 0 Å². The lowest BCUT2D eigenvalue weighted by atomic mass is 10.1. The standard InChI is InChI=1S/C16H12BrClN2/c1-9-3-5-12(10(2)7-9)16-19-14-8-11(17)4-6-13(14)15(18)20-16/h3-8H,1-2H3. The van der Waals surface area contributed by atoms with Crippen molar-refractivity contribution in [1.82, 2.24) is 9.97 Å². The molecule has 3 aromatic rings. The Balaban J connectivity index is 2.26. The molecule has 0 atom stereocenters. The maximum atomic E-state index is 6.28. The van der Waals surface area contributed by atoms with Crippen LogP contribution in [-0.2, 0) is 0 Å². The van der Waals surface area contributed by atoms with Gasteiger partial charge in [0, 0.05) is 15.4 Å². The molecule has 1 heterocycles. The molecular formula is C16H12BrClN2. The Hall–Kier alpha value is -1.45. The van der Waals surface area contributed by atoms with Crippen molar-refractivity contribution >= 4 is 38.4 Å². The number of aryl methyl sites for hydroxylation is 2. The lowest BCUT2D eigenvalue weighted by molar-refractivity contribution is 1.21. The van der Waals surface area contributed by atoms with Crippen LogP contribution in [0.15, 0.2) is 40.9 Å². The number of aromatic nitrogens is 2. The number of benzene rings is 2. The SMILES string of the molecule is Cc1ccc(-c2nc(Cl)c3ccc(Br)cc3n2)c(C)c1. The summed E-state index contributed by atoms with van der Waals surface area (Å²) in [6, 6.07) is 12.0. The molecule has 0 saturated heterocycles. The van der Waals surface area contributed by atoms with Gasteiger partial charge in [-0.1, -0.05) is 51.3 Å². The van der Waals surface area contributed by atoms with E-state index < -0.39 is 0 Å². The van der Waals surface area contributed by atoms with Gasteiger partial charge >= 0.3 is 0 Å². The molecule has 0 N–H and O–H groups in total. The first-order valence-electron chi connectivity index (χ1n) is 6.25. The first-order chi connectivity index (χ1) is 9.54. The summed E-state index contributed by atoms with van der Waals surface area (Å²) in [5, 5.41) is 1.35. The molecule has 0 aliphatic heterocycles. The van der Waals surface area contributed by atoms with Crippen LogP contribution < -0.4 is 0 Å². The van der Waals surface area contributed by atoms with Crippen molar-refractivity contribution in [1.29, 1.82) is 0 Å². The smallest absolute Gasteiger partial charge is 0.161 e. The topological polar surface area (TPSA) is 25.8 Å². The molecular weight excluding hydrogens is 336 g/mol. The highest BCUT2D eigenvalue weighted by Crippen LogP contribution is 2.28. The predicted molar refractivity (Wildman–Crippen MR) is 87.2 cm³/mol. The van der Waals surface area contributed by atoms with Gasteiger partial charge in [-0.2, -0.15) is 0 Å². The Labute approximate surface area is 131 Å². The molecule has 0 saturated carbocycles. The van der Waals surface area contributed by atoms with E-state index in [9.17, 15) is 0 Å². The third-order valence-corrected chi connectivity index (χ3v) is 4.02. The molecule has 2 aromatic carbocycles. The fourth-order valence-corrected chi connectivity index (χ4v) is 2.84. The number of halogens is 2. The van der Waals surface area contributed by atoms with Crippen molar-refractivity contribution in [2.75, 3.05) is 0 Å². The zero-order valence-corrected chi connectivity index (χ0v) is 13.5. The predicted octanol–water partition coefficient (Wildman–Crippen LogP) is 5.33. The summed E-state index contributed by atoms with van der Waals surface area (Å²) in [5.41, 5.74) is 4.23. The van der Waals surface area contributed by atoms with Crippen LogP contribution >= 0.6 is 27.5 Å². The fraction of sp³-hybridized carbons (Fsp3) is 0.125. The molecule has 0 amide bonds. The summed E-state index contributed by atoms with van der Waals surface area (Å²) in [6.07, 6.45) is 0. The largest absolute Gasteiger partial charge is 0.228 e. The molecule has 3 rings (SSSR count). The van der Waals surface area contributed by atoms with E-state index in [2.05, 4.69) is 51.9 Å². The number of nitrogens with zero attached hydrogens (tertiary/aromatic N) is 2. The van der Waals surface area contributed by atoms with Crippen LogP contribution in [0.5, 0.6) is 0 Å². The third kappa shape index (κ3) is 2.43. The summed E-state index contributed by atoms with van der Waals surface area (Å²) in [4.78, 5) is 9.06. The van der Waals surface area contributed by atoms with Gasteiger partial charge in [-0.15, -0.1) is 0 Å². The molecule has 4 heteroatoms. The Kier molecular flexibility index (Phi) is 3.48. The van der Waals surface area contributed by atoms with Crippen LogP contribution in [0.3, 0.4) is 0 Å². The second-order valence-corrected chi connectivity index (χ2v) is 6.09. The second kappa shape index (κ2) is 5.15. The van der Waals surface area contributed by atoms with Crippen LogP contribution in [0, 0.1) is 13.8 Å². The molecule has 2 nitrogen and oxygen atoms in total. The average molecular weight is 348 g/mol. The number of hydrogen-bond acceptors (Lipinski definition) is 2. The molecule has 0 aliphatic rings. The van der Waals surface area contributed by atoms with Gasteiger partial charge in [0.1, 0.15) is 5.15 Å². The molecule has 0 aliphatic carbocycles. The van der Waals surface area contributed by atoms with E-state index >= 15 is 0 Å². The summed E-state index contributed by atoms with van der Waals surface area (Å²) in [5.74, 6) is 0.665. The number of rotatable bonds is 1. The second-order valence-electron chi connectivity index (χ2n) is 4.82. The highest BCUT2D eigenvalue weighted by atomic mass is 79.9. The molecule has 0 fully saturated rings. The van der Waals surface area contributed by atoms with E-state index in [0.717, 1.165) is 26.5 Å². The van der Waals surface area contributed by atoms with Crippen molar-refractivity contribution in [2.45, 2.75) is 13.8 Å². The first kappa shape index (κ1) is 13.5. The monoisotopic (exact) mass is 346 g/mol. The lowest BCUT2D eigenvalue weighted by Gasteiger charge is -2.08. The Morgan fingerprint density at radius 1 is 1.00 bits per heavy atom. The minimum atomic E-state index is 0.484. The average Bonchev–Trinajstić information content (AvgIpc) is 2.37. The van der Waals surface area contributed by atoms with Crippen LogP contribution in [0.2, 0.25) is 5.15 Å². The Morgan fingerprint density at radius 2 is 1.80 bits per heavy atom. The van der Waals surface area contributed by atoms with Crippen LogP contribution in [0.4, 0.5) is 0 Å². The normalized spacial score (nSPS) is 11.0. The van der Waals surface area contributed by atoms with Gasteiger partial charge in [-0.05, 0) is 37.6 Å². The molecule has 0 bridgehead atoms. The minimum Gasteiger partial charge on any atom is -0.228 e. The van der Waals surface area contributed by atoms with E-state index in [1.165, 1.54) is 5.56 Å². The first-order valence-corrected chi connectivity index (χ1v) is 7.42. The van der Waals surface area contributed by atoms with Crippen molar-refractivity contribution < 1.29 is 0 Å². The van der Waals surface area contributed by atoms with Crippen LogP contribution in [-0.4, -0.2) is 9.97 Å². The number of hydrogen-bond donors (Lipinski definition) is 0. The van der Waals surface area contributed by atoms with Gasteiger partial charge in [0.2, 0.25) is 0 Å². The van der Waals surface area contributed by atoms with Gasteiger partial charge in [-0.3, -0.25) is 0 Å². The van der Waals surface area contributed by atoms with Crippen molar-refractivity contribution in [3.8, 4) is 11.4 Å². The van der Waals surface area contributed by atoms with Gasteiger partial charge in [0.15, 0.2) is 5.82 Å². The van der Waals surface area contributed by atoms with E-state index in [1.807, 2.05) is 24.3 Å². The summed E-state index contributed by atoms with van der Waals surface area (Å²) in [6.45, 7) is 4.13. The molecule has 0 unspecified atom stereocenters. The van der Waals surface area contributed by atoms with E-state index in [1.54, 1.807) is 0 Å². The van der Waals surface area contributed by atoms with Crippen molar-refractivity contribution in [3.63, 3.8) is 0 Å². The summed E-state index contributed by atoms with van der Waals surface area (Å²) >= 11 is 9.74. The van der Waals surface area contributed by atoms with E-state index in [-0.39, 0.29) is 0 Å². The van der Waals surface area contributed by atoms with Crippen LogP contribution in [0.25, 0.3) is 22.3 Å². The molecule has 0 spiro atoms. The molecule has 0 radical (unpaired) electrons. The highest BCUT2D eigenvalue weighted by molar-refractivity contribution is 9.10. The third-order valence-electron chi connectivity index (χ3n) is 3.24. The highest BCUT2D eigenvalue weighted by Gasteiger charge is 2.10. The maximum absolute atomic E-state index is 6.28. The van der Waals surface area contributed by atoms with Gasteiger partial charge in [-0.25, -0.2) is 9.97 Å². The zero-order chi connectivity index (χ0) is 14.3. The number of fused-ring (bicyclic) bond motifs is 1. The van der Waals surface area contributed by atoms with Crippen molar-refractivity contribution in [2.24, 2.45) is 0 Å². The molecule has 1 aromatic heterocycles. The van der Waals surface area contributed by atoms with Crippen LogP contribution in [0.1, 0.15) is 11.1 Å². The Bertz CT molecular complexity index is 815. The van der Waals surface area contributed by atoms with E-state index in [0.29, 0.717) is 11.0 Å². The minimum absolute atomic E-state index is 0.484. The Morgan fingerprint density at radius 3 is 2.55 bits per heavy atom. The van der Waals surface area contributed by atoms with Gasteiger partial charge in [0.05, 0.1) is 5.52 Å². The van der Waals surface area contributed by atoms with Crippen molar-refractivity contribution in [3.05, 3.63) is 57.2 Å². The summed E-state index contributed by atoms with van der Waals surface area (Å²) < 4.78 is 0.978. The molecule has 100 valence electrons. The zero-order valence-electron chi connectivity index (χ0n) is 11.1. The lowest BCUT2D eigenvalue weighted by Crippen LogP contribution is -1.94. The quantitative estimate of drug-likeness (QED) is 0.556. The maximum Gasteiger partial charge on any atom is 0.161 e.